The second kappa shape index (κ2) is 7.31. The van der Waals surface area contributed by atoms with Crippen LogP contribution >= 0.6 is 0 Å². The summed E-state index contributed by atoms with van der Waals surface area (Å²) >= 11 is 0. The highest BCUT2D eigenvalue weighted by Gasteiger charge is 2.04. The molecule has 0 aromatic heterocycles. The summed E-state index contributed by atoms with van der Waals surface area (Å²) in [7, 11) is 0. The number of amides is 1. The Kier molecular flexibility index (Phi) is 5.19. The molecule has 0 aliphatic carbocycles. The second-order valence-corrected chi connectivity index (χ2v) is 5.16. The van der Waals surface area contributed by atoms with Gasteiger partial charge < -0.3 is 15.5 Å². The summed E-state index contributed by atoms with van der Waals surface area (Å²) in [4.78, 5) is 11.8. The molecule has 1 amide bonds. The van der Waals surface area contributed by atoms with Crippen molar-refractivity contribution >= 4 is 17.8 Å². The van der Waals surface area contributed by atoms with Gasteiger partial charge in [0.15, 0.2) is 0 Å². The number of aromatic hydroxyl groups is 2. The number of anilines is 1. The van der Waals surface area contributed by atoms with Gasteiger partial charge in [-0.3, -0.25) is 4.79 Å². The van der Waals surface area contributed by atoms with Gasteiger partial charge in [0.2, 0.25) is 0 Å². The maximum absolute atomic E-state index is 11.8. The minimum Gasteiger partial charge on any atom is -0.508 e. The van der Waals surface area contributed by atoms with E-state index in [1.165, 1.54) is 24.4 Å². The van der Waals surface area contributed by atoms with Crippen LogP contribution in [0.5, 0.6) is 11.5 Å². The molecular weight excluding hydrogens is 294 g/mol. The highest BCUT2D eigenvalue weighted by Crippen LogP contribution is 2.21. The highest BCUT2D eigenvalue weighted by atomic mass is 16.3. The zero-order chi connectivity index (χ0) is 16.8. The minimum atomic E-state index is -0.304. The molecule has 0 fully saturated rings. The number of aryl methyl sites for hydroxylation is 2. The van der Waals surface area contributed by atoms with Crippen molar-refractivity contribution in [1.29, 1.82) is 0 Å². The van der Waals surface area contributed by atoms with Crippen molar-refractivity contribution in [3.05, 3.63) is 53.1 Å². The van der Waals surface area contributed by atoms with Gasteiger partial charge >= 0.3 is 0 Å². The maximum atomic E-state index is 11.8. The van der Waals surface area contributed by atoms with Crippen molar-refractivity contribution in [3.63, 3.8) is 0 Å². The molecule has 0 radical (unpaired) electrons. The molecule has 2 aromatic rings. The number of carbonyl (C=O) groups excluding carboxylic acids is 1. The van der Waals surface area contributed by atoms with E-state index in [-0.39, 0.29) is 24.0 Å². The van der Waals surface area contributed by atoms with Gasteiger partial charge in [0.25, 0.3) is 5.91 Å². The molecule has 2 rings (SSSR count). The standard InChI is InChI=1S/C17H19N3O3/c1-11-4-3-5-12(2)17(11)18-10-16(23)20-19-9-13-6-7-14(21)8-15(13)22/h3-9,18,21-22H,10H2,1-2H3,(H,20,23). The average Bonchev–Trinajstić information content (AvgIpc) is 2.49. The summed E-state index contributed by atoms with van der Waals surface area (Å²) in [5.41, 5.74) is 5.83. The fourth-order valence-electron chi connectivity index (χ4n) is 2.12. The van der Waals surface area contributed by atoms with Gasteiger partial charge in [-0.2, -0.15) is 5.10 Å². The Morgan fingerprint density at radius 3 is 2.52 bits per heavy atom. The lowest BCUT2D eigenvalue weighted by Crippen LogP contribution is -2.26. The predicted molar refractivity (Wildman–Crippen MR) is 89.9 cm³/mol. The van der Waals surface area contributed by atoms with Crippen molar-refractivity contribution in [2.24, 2.45) is 5.10 Å². The number of para-hydroxylation sites is 1. The molecule has 0 aliphatic heterocycles. The van der Waals surface area contributed by atoms with Crippen molar-refractivity contribution in [3.8, 4) is 11.5 Å². The quantitative estimate of drug-likeness (QED) is 0.503. The van der Waals surface area contributed by atoms with Gasteiger partial charge in [-0.15, -0.1) is 0 Å². The second-order valence-electron chi connectivity index (χ2n) is 5.16. The molecule has 0 unspecified atom stereocenters. The van der Waals surface area contributed by atoms with E-state index in [0.717, 1.165) is 16.8 Å². The van der Waals surface area contributed by atoms with E-state index in [9.17, 15) is 15.0 Å². The van der Waals surface area contributed by atoms with Gasteiger partial charge in [0.1, 0.15) is 11.5 Å². The molecule has 23 heavy (non-hydrogen) atoms. The summed E-state index contributed by atoms with van der Waals surface area (Å²) in [6, 6.07) is 10.0. The fraction of sp³-hybridized carbons (Fsp3) is 0.176. The van der Waals surface area contributed by atoms with Crippen molar-refractivity contribution < 1.29 is 15.0 Å². The number of carbonyl (C=O) groups is 1. The Labute approximate surface area is 134 Å². The first-order chi connectivity index (χ1) is 11.0. The van der Waals surface area contributed by atoms with Crippen LogP contribution in [0.4, 0.5) is 5.69 Å². The Balaban J connectivity index is 1.89. The smallest absolute Gasteiger partial charge is 0.259 e. The van der Waals surface area contributed by atoms with Gasteiger partial charge in [0, 0.05) is 17.3 Å². The van der Waals surface area contributed by atoms with Gasteiger partial charge in [-0.25, -0.2) is 5.43 Å². The maximum Gasteiger partial charge on any atom is 0.259 e. The number of hydrazone groups is 1. The third-order valence-electron chi connectivity index (χ3n) is 3.31. The van der Waals surface area contributed by atoms with Crippen molar-refractivity contribution in [2.75, 3.05) is 11.9 Å². The van der Waals surface area contributed by atoms with E-state index in [0.29, 0.717) is 5.56 Å². The molecule has 4 N–H and O–H groups in total. The number of nitrogens with zero attached hydrogens (tertiary/aromatic N) is 1. The highest BCUT2D eigenvalue weighted by molar-refractivity contribution is 5.86. The molecule has 120 valence electrons. The largest absolute Gasteiger partial charge is 0.508 e. The van der Waals surface area contributed by atoms with E-state index in [1.54, 1.807) is 0 Å². The Hall–Kier alpha value is -3.02. The SMILES string of the molecule is Cc1cccc(C)c1NCC(=O)NN=Cc1ccc(O)cc1O. The Morgan fingerprint density at radius 2 is 1.87 bits per heavy atom. The lowest BCUT2D eigenvalue weighted by atomic mass is 10.1. The van der Waals surface area contributed by atoms with Crippen molar-refractivity contribution in [2.45, 2.75) is 13.8 Å². The number of benzene rings is 2. The number of rotatable bonds is 5. The number of hydrogen-bond acceptors (Lipinski definition) is 5. The fourth-order valence-corrected chi connectivity index (χ4v) is 2.12. The molecule has 0 aliphatic rings. The van der Waals surface area contributed by atoms with Crippen LogP contribution in [0.15, 0.2) is 41.5 Å². The van der Waals surface area contributed by atoms with E-state index in [4.69, 9.17) is 0 Å². The van der Waals surface area contributed by atoms with Crippen LogP contribution in [0.25, 0.3) is 0 Å². The summed E-state index contributed by atoms with van der Waals surface area (Å²) in [6.45, 7) is 4.03. The van der Waals surface area contributed by atoms with E-state index in [1.807, 2.05) is 32.0 Å². The van der Waals surface area contributed by atoms with E-state index in [2.05, 4.69) is 15.8 Å². The van der Waals surface area contributed by atoms with Gasteiger partial charge in [-0.05, 0) is 37.1 Å². The van der Waals surface area contributed by atoms with E-state index < -0.39 is 0 Å². The molecule has 0 atom stereocenters. The molecule has 2 aromatic carbocycles. The van der Waals surface area contributed by atoms with Gasteiger partial charge in [0.05, 0.1) is 12.8 Å². The number of phenols is 2. The molecule has 0 bridgehead atoms. The third-order valence-corrected chi connectivity index (χ3v) is 3.31. The lowest BCUT2D eigenvalue weighted by molar-refractivity contribution is -0.119. The topological polar surface area (TPSA) is 94.0 Å². The third kappa shape index (κ3) is 4.47. The molecule has 0 saturated carbocycles. The minimum absolute atomic E-state index is 0.0403. The summed E-state index contributed by atoms with van der Waals surface area (Å²) < 4.78 is 0. The lowest BCUT2D eigenvalue weighted by Gasteiger charge is -2.11. The average molecular weight is 313 g/mol. The zero-order valence-corrected chi connectivity index (χ0v) is 13.0. The van der Waals surface area contributed by atoms with E-state index >= 15 is 0 Å². The zero-order valence-electron chi connectivity index (χ0n) is 13.0. The summed E-state index contributed by atoms with van der Waals surface area (Å²) in [5, 5.41) is 25.6. The predicted octanol–water partition coefficient (Wildman–Crippen LogP) is 2.28. The number of hydrogen-bond donors (Lipinski definition) is 4. The van der Waals surface area contributed by atoms with Crippen LogP contribution in [0.3, 0.4) is 0 Å². The number of phenolic OH excluding ortho intramolecular Hbond substituents is 2. The molecule has 0 heterocycles. The van der Waals surface area contributed by atoms with Crippen LogP contribution < -0.4 is 10.7 Å². The number of nitrogens with one attached hydrogen (secondary N) is 2. The Morgan fingerprint density at radius 1 is 1.17 bits per heavy atom. The molecule has 6 nitrogen and oxygen atoms in total. The van der Waals surface area contributed by atoms with Crippen LogP contribution in [-0.4, -0.2) is 28.9 Å². The monoisotopic (exact) mass is 313 g/mol. The molecule has 0 saturated heterocycles. The van der Waals surface area contributed by atoms with Crippen LogP contribution in [0.2, 0.25) is 0 Å². The first-order valence-electron chi connectivity index (χ1n) is 7.11. The normalized spacial score (nSPS) is 10.7. The van der Waals surface area contributed by atoms with Gasteiger partial charge in [-0.1, -0.05) is 18.2 Å². The summed E-state index contributed by atoms with van der Waals surface area (Å²) in [6.07, 6.45) is 1.31. The first kappa shape index (κ1) is 16.4. The van der Waals surface area contributed by atoms with Crippen molar-refractivity contribution in [1.82, 2.24) is 5.43 Å². The summed E-state index contributed by atoms with van der Waals surface area (Å²) in [5.74, 6) is -0.458. The molecule has 0 spiro atoms. The van der Waals surface area contributed by atoms with Crippen LogP contribution in [0.1, 0.15) is 16.7 Å². The molecular formula is C17H19N3O3. The molecule has 6 heteroatoms. The first-order valence-corrected chi connectivity index (χ1v) is 7.11. The van der Waals surface area contributed by atoms with Crippen LogP contribution in [-0.2, 0) is 4.79 Å². The Bertz CT molecular complexity index is 722. The van der Waals surface area contributed by atoms with Crippen LogP contribution in [0, 0.1) is 13.8 Å².